The van der Waals surface area contributed by atoms with Crippen molar-refractivity contribution in [2.75, 3.05) is 4.72 Å². The van der Waals surface area contributed by atoms with Crippen molar-refractivity contribution in [3.63, 3.8) is 0 Å². The van der Waals surface area contributed by atoms with E-state index in [9.17, 15) is 8.42 Å². The number of benzene rings is 2. The Morgan fingerprint density at radius 1 is 0.889 bits per heavy atom. The van der Waals surface area contributed by atoms with E-state index in [-0.39, 0.29) is 10.8 Å². The van der Waals surface area contributed by atoms with Crippen LogP contribution in [0, 0.1) is 6.92 Å². The predicted octanol–water partition coefficient (Wildman–Crippen LogP) is 4.11. The Hall–Kier alpha value is -3.39. The Morgan fingerprint density at radius 2 is 1.59 bits per heavy atom. The Labute approximate surface area is 155 Å². The fraction of sp³-hybridized carbons (Fsp3) is 0.0526. The smallest absolute Gasteiger partial charge is 0.283 e. The topological polar surface area (TPSA) is 98.2 Å². The van der Waals surface area contributed by atoms with E-state index in [1.54, 1.807) is 60.7 Å². The molecular weight excluding hydrogens is 366 g/mol. The molecule has 0 unspecified atom stereocenters. The monoisotopic (exact) mass is 381 g/mol. The summed E-state index contributed by atoms with van der Waals surface area (Å²) in [4.78, 5) is 0.206. The molecule has 7 nitrogen and oxygen atoms in total. The van der Waals surface area contributed by atoms with E-state index in [1.165, 1.54) is 6.26 Å². The lowest BCUT2D eigenvalue weighted by Gasteiger charge is -2.08. The van der Waals surface area contributed by atoms with Gasteiger partial charge in [0.2, 0.25) is 5.89 Å². The standard InChI is InChI=1S/C19H15N3O4S/c1-13-4-10-16(11-5-13)27(23,24)22-15-8-6-14(7-9-15)18-20-21-19(26-18)17-3-2-12-25-17/h2-12,22H,1H3. The fourth-order valence-electron chi connectivity index (χ4n) is 2.45. The van der Waals surface area contributed by atoms with Gasteiger partial charge in [0.1, 0.15) is 0 Å². The molecule has 2 aromatic carbocycles. The molecule has 0 saturated heterocycles. The first-order valence-corrected chi connectivity index (χ1v) is 9.57. The van der Waals surface area contributed by atoms with Crippen LogP contribution in [0.25, 0.3) is 23.1 Å². The molecule has 136 valence electrons. The molecule has 0 atom stereocenters. The van der Waals surface area contributed by atoms with Crippen molar-refractivity contribution in [1.29, 1.82) is 0 Å². The Morgan fingerprint density at radius 3 is 2.26 bits per heavy atom. The summed E-state index contributed by atoms with van der Waals surface area (Å²) in [5.41, 5.74) is 2.09. The molecule has 0 amide bonds. The summed E-state index contributed by atoms with van der Waals surface area (Å²) in [6.07, 6.45) is 1.52. The Bertz CT molecular complexity index is 1150. The highest BCUT2D eigenvalue weighted by atomic mass is 32.2. The lowest BCUT2D eigenvalue weighted by molar-refractivity contribution is 0.523. The Balaban J connectivity index is 1.53. The third-order valence-corrected chi connectivity index (χ3v) is 5.27. The van der Waals surface area contributed by atoms with Crippen LogP contribution < -0.4 is 4.72 Å². The Kier molecular flexibility index (Phi) is 4.25. The van der Waals surface area contributed by atoms with Gasteiger partial charge in [-0.05, 0) is 55.5 Å². The third kappa shape index (κ3) is 3.61. The van der Waals surface area contributed by atoms with Gasteiger partial charge in [-0.1, -0.05) is 17.7 Å². The molecule has 27 heavy (non-hydrogen) atoms. The van der Waals surface area contributed by atoms with E-state index in [1.807, 2.05) is 6.92 Å². The number of nitrogens with one attached hydrogen (secondary N) is 1. The minimum atomic E-state index is -3.65. The second-order valence-corrected chi connectivity index (χ2v) is 7.57. The summed E-state index contributed by atoms with van der Waals surface area (Å²) in [5, 5.41) is 7.93. The molecule has 0 spiro atoms. The van der Waals surface area contributed by atoms with E-state index in [0.717, 1.165) is 5.56 Å². The molecule has 8 heteroatoms. The molecule has 0 saturated carbocycles. The van der Waals surface area contributed by atoms with Crippen molar-refractivity contribution < 1.29 is 17.3 Å². The quantitative estimate of drug-likeness (QED) is 0.559. The number of furan rings is 1. The summed E-state index contributed by atoms with van der Waals surface area (Å²) < 4.78 is 38.2. The summed E-state index contributed by atoms with van der Waals surface area (Å²) in [6, 6.07) is 16.8. The van der Waals surface area contributed by atoms with Gasteiger partial charge < -0.3 is 8.83 Å². The molecule has 0 aliphatic carbocycles. The van der Waals surface area contributed by atoms with Crippen LogP contribution in [-0.4, -0.2) is 18.6 Å². The van der Waals surface area contributed by atoms with Gasteiger partial charge in [-0.25, -0.2) is 8.42 Å². The number of anilines is 1. The van der Waals surface area contributed by atoms with Crippen molar-refractivity contribution in [3.8, 4) is 23.1 Å². The summed E-state index contributed by atoms with van der Waals surface area (Å²) in [5.74, 6) is 1.07. The van der Waals surface area contributed by atoms with Crippen molar-refractivity contribution >= 4 is 15.7 Å². The van der Waals surface area contributed by atoms with Gasteiger partial charge in [0.05, 0.1) is 11.2 Å². The predicted molar refractivity (Wildman–Crippen MR) is 99.4 cm³/mol. The maximum Gasteiger partial charge on any atom is 0.283 e. The van der Waals surface area contributed by atoms with Crippen molar-refractivity contribution in [3.05, 3.63) is 72.5 Å². The second kappa shape index (κ2) is 6.73. The molecule has 0 radical (unpaired) electrons. The number of aromatic nitrogens is 2. The van der Waals surface area contributed by atoms with E-state index < -0.39 is 10.0 Å². The maximum atomic E-state index is 12.4. The highest BCUT2D eigenvalue weighted by Gasteiger charge is 2.15. The molecule has 0 aliphatic rings. The fourth-order valence-corrected chi connectivity index (χ4v) is 3.51. The SMILES string of the molecule is Cc1ccc(S(=O)(=O)Nc2ccc(-c3nnc(-c4ccco4)o3)cc2)cc1. The van der Waals surface area contributed by atoms with Crippen LogP contribution in [0.1, 0.15) is 5.56 Å². The number of aryl methyl sites for hydroxylation is 1. The average Bonchev–Trinajstić information content (AvgIpc) is 3.34. The highest BCUT2D eigenvalue weighted by molar-refractivity contribution is 7.92. The van der Waals surface area contributed by atoms with Gasteiger partial charge in [-0.2, -0.15) is 0 Å². The first-order valence-electron chi connectivity index (χ1n) is 8.08. The number of nitrogens with zero attached hydrogens (tertiary/aromatic N) is 2. The van der Waals surface area contributed by atoms with Gasteiger partial charge in [0, 0.05) is 11.3 Å². The van der Waals surface area contributed by atoms with Gasteiger partial charge in [0.25, 0.3) is 15.9 Å². The molecule has 0 aliphatic heterocycles. The molecule has 2 heterocycles. The van der Waals surface area contributed by atoms with E-state index in [0.29, 0.717) is 22.9 Å². The summed E-state index contributed by atoms with van der Waals surface area (Å²) in [6.45, 7) is 1.90. The molecule has 2 aromatic heterocycles. The van der Waals surface area contributed by atoms with E-state index in [2.05, 4.69) is 14.9 Å². The lowest BCUT2D eigenvalue weighted by Crippen LogP contribution is -2.12. The van der Waals surface area contributed by atoms with Crippen LogP contribution in [0.2, 0.25) is 0 Å². The molecular formula is C19H15N3O4S. The first-order chi connectivity index (χ1) is 13.0. The van der Waals surface area contributed by atoms with Crippen molar-refractivity contribution in [1.82, 2.24) is 10.2 Å². The first kappa shape index (κ1) is 17.0. The largest absolute Gasteiger partial charge is 0.459 e. The molecule has 1 N–H and O–H groups in total. The summed E-state index contributed by atoms with van der Waals surface area (Å²) >= 11 is 0. The normalized spacial score (nSPS) is 11.4. The van der Waals surface area contributed by atoms with Gasteiger partial charge in [0.15, 0.2) is 5.76 Å². The molecule has 0 bridgehead atoms. The third-order valence-electron chi connectivity index (χ3n) is 3.87. The number of hydrogen-bond donors (Lipinski definition) is 1. The highest BCUT2D eigenvalue weighted by Crippen LogP contribution is 2.25. The van der Waals surface area contributed by atoms with Gasteiger partial charge in [-0.3, -0.25) is 4.72 Å². The minimum Gasteiger partial charge on any atom is -0.459 e. The number of hydrogen-bond acceptors (Lipinski definition) is 6. The maximum absolute atomic E-state index is 12.4. The lowest BCUT2D eigenvalue weighted by atomic mass is 10.2. The van der Waals surface area contributed by atoms with Crippen LogP contribution in [0.15, 0.2) is 80.7 Å². The summed E-state index contributed by atoms with van der Waals surface area (Å²) in [7, 11) is -3.65. The zero-order valence-electron chi connectivity index (χ0n) is 14.3. The van der Waals surface area contributed by atoms with Crippen LogP contribution in [-0.2, 0) is 10.0 Å². The molecule has 0 fully saturated rings. The zero-order chi connectivity index (χ0) is 18.9. The molecule has 4 rings (SSSR count). The zero-order valence-corrected chi connectivity index (χ0v) is 15.1. The van der Waals surface area contributed by atoms with Gasteiger partial charge in [-0.15, -0.1) is 10.2 Å². The number of rotatable bonds is 5. The minimum absolute atomic E-state index is 0.206. The van der Waals surface area contributed by atoms with Crippen molar-refractivity contribution in [2.24, 2.45) is 0 Å². The molecule has 4 aromatic rings. The van der Waals surface area contributed by atoms with Crippen molar-refractivity contribution in [2.45, 2.75) is 11.8 Å². The van der Waals surface area contributed by atoms with Crippen LogP contribution in [0.5, 0.6) is 0 Å². The van der Waals surface area contributed by atoms with Crippen LogP contribution in [0.3, 0.4) is 0 Å². The number of sulfonamides is 1. The van der Waals surface area contributed by atoms with Crippen LogP contribution >= 0.6 is 0 Å². The second-order valence-electron chi connectivity index (χ2n) is 5.89. The van der Waals surface area contributed by atoms with E-state index in [4.69, 9.17) is 8.83 Å². The van der Waals surface area contributed by atoms with Gasteiger partial charge >= 0.3 is 0 Å². The van der Waals surface area contributed by atoms with E-state index >= 15 is 0 Å². The average molecular weight is 381 g/mol. The van der Waals surface area contributed by atoms with Crippen LogP contribution in [0.4, 0.5) is 5.69 Å².